The van der Waals surface area contributed by atoms with Crippen molar-refractivity contribution in [2.24, 2.45) is 0 Å². The van der Waals surface area contributed by atoms with E-state index in [1.165, 1.54) is 11.3 Å². The topological polar surface area (TPSA) is 54.0 Å². The van der Waals surface area contributed by atoms with E-state index < -0.39 is 0 Å². The second-order valence-electron chi connectivity index (χ2n) is 4.22. The molecule has 0 aromatic carbocycles. The Bertz CT molecular complexity index is 585. The summed E-state index contributed by atoms with van der Waals surface area (Å²) in [5.41, 5.74) is 0.411. The lowest BCUT2D eigenvalue weighted by Crippen LogP contribution is -2.23. The van der Waals surface area contributed by atoms with Gasteiger partial charge in [0, 0.05) is 11.4 Å². The summed E-state index contributed by atoms with van der Waals surface area (Å²) in [5.74, 6) is 0.535. The highest BCUT2D eigenvalue weighted by Crippen LogP contribution is 2.21. The van der Waals surface area contributed by atoms with E-state index in [1.54, 1.807) is 6.07 Å². The number of nitrogens with one attached hydrogen (secondary N) is 2. The van der Waals surface area contributed by atoms with E-state index in [4.69, 9.17) is 11.6 Å². The Morgan fingerprint density at radius 1 is 1.35 bits per heavy atom. The maximum absolute atomic E-state index is 12.0. The Balaban J connectivity index is 1.94. The van der Waals surface area contributed by atoms with Gasteiger partial charge in [-0.1, -0.05) is 24.6 Å². The SMILES string of the molecule is CCCNc1cccc(C(=O)NCc2ccc(Cl)s2)n1. The molecule has 1 amide bonds. The van der Waals surface area contributed by atoms with Crippen molar-refractivity contribution < 1.29 is 4.79 Å². The van der Waals surface area contributed by atoms with Gasteiger partial charge in [-0.2, -0.15) is 0 Å². The van der Waals surface area contributed by atoms with Crippen molar-refractivity contribution in [3.8, 4) is 0 Å². The molecule has 0 radical (unpaired) electrons. The maximum atomic E-state index is 12.0. The van der Waals surface area contributed by atoms with E-state index in [9.17, 15) is 4.79 Å². The molecule has 2 heterocycles. The molecule has 0 aliphatic rings. The molecule has 0 aliphatic carbocycles. The van der Waals surface area contributed by atoms with Crippen LogP contribution in [0.5, 0.6) is 0 Å². The minimum Gasteiger partial charge on any atom is -0.370 e. The summed E-state index contributed by atoms with van der Waals surface area (Å²) in [5, 5.41) is 5.99. The third-order valence-electron chi connectivity index (χ3n) is 2.59. The highest BCUT2D eigenvalue weighted by Gasteiger charge is 2.08. The first-order valence-corrected chi connectivity index (χ1v) is 7.62. The predicted octanol–water partition coefficient (Wildman–Crippen LogP) is 3.55. The van der Waals surface area contributed by atoms with Crippen LogP contribution in [0.2, 0.25) is 4.34 Å². The van der Waals surface area contributed by atoms with Gasteiger partial charge in [0.1, 0.15) is 11.5 Å². The highest BCUT2D eigenvalue weighted by molar-refractivity contribution is 7.16. The molecule has 106 valence electrons. The standard InChI is InChI=1S/C14H16ClN3OS/c1-2-8-16-13-5-3-4-11(18-13)14(19)17-9-10-6-7-12(15)20-10/h3-7H,2,8-9H2,1H3,(H,16,18)(H,17,19). The number of aromatic nitrogens is 1. The number of thiophene rings is 1. The van der Waals surface area contributed by atoms with Gasteiger partial charge in [0.25, 0.3) is 5.91 Å². The van der Waals surface area contributed by atoms with E-state index in [0.29, 0.717) is 12.2 Å². The molecule has 20 heavy (non-hydrogen) atoms. The molecule has 0 saturated heterocycles. The fourth-order valence-electron chi connectivity index (χ4n) is 1.62. The monoisotopic (exact) mass is 309 g/mol. The van der Waals surface area contributed by atoms with Crippen LogP contribution >= 0.6 is 22.9 Å². The number of rotatable bonds is 6. The minimum atomic E-state index is -0.185. The summed E-state index contributed by atoms with van der Waals surface area (Å²) in [6, 6.07) is 9.10. The summed E-state index contributed by atoms with van der Waals surface area (Å²) in [7, 11) is 0. The summed E-state index contributed by atoms with van der Waals surface area (Å²) in [6.45, 7) is 3.38. The number of pyridine rings is 1. The first-order chi connectivity index (χ1) is 9.69. The van der Waals surface area contributed by atoms with Crippen LogP contribution in [-0.4, -0.2) is 17.4 Å². The lowest BCUT2D eigenvalue weighted by Gasteiger charge is -2.06. The van der Waals surface area contributed by atoms with Gasteiger partial charge in [-0.25, -0.2) is 4.98 Å². The van der Waals surface area contributed by atoms with Crippen molar-refractivity contribution in [2.75, 3.05) is 11.9 Å². The molecule has 2 aromatic heterocycles. The average molecular weight is 310 g/mol. The van der Waals surface area contributed by atoms with Crippen LogP contribution < -0.4 is 10.6 Å². The Morgan fingerprint density at radius 3 is 2.90 bits per heavy atom. The van der Waals surface area contributed by atoms with E-state index in [-0.39, 0.29) is 5.91 Å². The summed E-state index contributed by atoms with van der Waals surface area (Å²) in [6.07, 6.45) is 1.01. The van der Waals surface area contributed by atoms with Crippen LogP contribution in [0.15, 0.2) is 30.3 Å². The van der Waals surface area contributed by atoms with Crippen molar-refractivity contribution in [3.05, 3.63) is 45.2 Å². The second-order valence-corrected chi connectivity index (χ2v) is 6.02. The average Bonchev–Trinajstić information content (AvgIpc) is 2.88. The van der Waals surface area contributed by atoms with Crippen LogP contribution in [0.4, 0.5) is 5.82 Å². The van der Waals surface area contributed by atoms with Gasteiger partial charge in [-0.05, 0) is 30.7 Å². The number of nitrogens with zero attached hydrogens (tertiary/aromatic N) is 1. The van der Waals surface area contributed by atoms with Crippen molar-refractivity contribution in [2.45, 2.75) is 19.9 Å². The van der Waals surface area contributed by atoms with E-state index >= 15 is 0 Å². The van der Waals surface area contributed by atoms with E-state index in [0.717, 1.165) is 28.0 Å². The molecule has 0 atom stereocenters. The van der Waals surface area contributed by atoms with Gasteiger partial charge >= 0.3 is 0 Å². The smallest absolute Gasteiger partial charge is 0.270 e. The number of carbonyl (C=O) groups is 1. The zero-order valence-corrected chi connectivity index (χ0v) is 12.7. The predicted molar refractivity (Wildman–Crippen MR) is 83.5 cm³/mol. The molecule has 0 spiro atoms. The van der Waals surface area contributed by atoms with Crippen molar-refractivity contribution in [1.29, 1.82) is 0 Å². The van der Waals surface area contributed by atoms with Crippen molar-refractivity contribution >= 4 is 34.7 Å². The van der Waals surface area contributed by atoms with Crippen LogP contribution in [0.25, 0.3) is 0 Å². The normalized spacial score (nSPS) is 10.3. The molecular formula is C14H16ClN3OS. The molecule has 2 N–H and O–H groups in total. The first kappa shape index (κ1) is 14.8. The molecule has 2 rings (SSSR count). The molecule has 2 aromatic rings. The lowest BCUT2D eigenvalue weighted by molar-refractivity contribution is 0.0946. The third-order valence-corrected chi connectivity index (χ3v) is 3.82. The van der Waals surface area contributed by atoms with Gasteiger partial charge in [0.05, 0.1) is 10.9 Å². The van der Waals surface area contributed by atoms with Crippen LogP contribution in [0.1, 0.15) is 28.7 Å². The van der Waals surface area contributed by atoms with Crippen molar-refractivity contribution in [3.63, 3.8) is 0 Å². The van der Waals surface area contributed by atoms with E-state index in [1.807, 2.05) is 24.3 Å². The van der Waals surface area contributed by atoms with Crippen LogP contribution in [0.3, 0.4) is 0 Å². The Hall–Kier alpha value is -1.59. The van der Waals surface area contributed by atoms with Gasteiger partial charge in [-0.3, -0.25) is 4.79 Å². The van der Waals surface area contributed by atoms with Crippen molar-refractivity contribution in [1.82, 2.24) is 10.3 Å². The molecule has 0 unspecified atom stereocenters. The Labute approximate surface area is 127 Å². The fourth-order valence-corrected chi connectivity index (χ4v) is 2.64. The van der Waals surface area contributed by atoms with Gasteiger partial charge in [-0.15, -0.1) is 11.3 Å². The molecule has 6 heteroatoms. The number of carbonyl (C=O) groups excluding carboxylic acids is 1. The highest BCUT2D eigenvalue weighted by atomic mass is 35.5. The summed E-state index contributed by atoms with van der Waals surface area (Å²) in [4.78, 5) is 17.3. The number of hydrogen-bond acceptors (Lipinski definition) is 4. The summed E-state index contributed by atoms with van der Waals surface area (Å²) >= 11 is 7.30. The van der Waals surface area contributed by atoms with Gasteiger partial charge < -0.3 is 10.6 Å². The van der Waals surface area contributed by atoms with Crippen LogP contribution in [-0.2, 0) is 6.54 Å². The van der Waals surface area contributed by atoms with Gasteiger partial charge in [0.2, 0.25) is 0 Å². The first-order valence-electron chi connectivity index (χ1n) is 6.42. The van der Waals surface area contributed by atoms with E-state index in [2.05, 4.69) is 22.5 Å². The molecule has 4 nitrogen and oxygen atoms in total. The summed E-state index contributed by atoms with van der Waals surface area (Å²) < 4.78 is 0.720. The number of anilines is 1. The Morgan fingerprint density at radius 2 is 2.20 bits per heavy atom. The Kier molecular flexibility index (Phi) is 5.38. The maximum Gasteiger partial charge on any atom is 0.270 e. The number of halogens is 1. The molecular weight excluding hydrogens is 294 g/mol. The second kappa shape index (κ2) is 7.26. The number of hydrogen-bond donors (Lipinski definition) is 2. The zero-order chi connectivity index (χ0) is 14.4. The lowest BCUT2D eigenvalue weighted by atomic mass is 10.3. The minimum absolute atomic E-state index is 0.185. The van der Waals surface area contributed by atoms with Gasteiger partial charge in [0.15, 0.2) is 0 Å². The molecule has 0 bridgehead atoms. The quantitative estimate of drug-likeness (QED) is 0.858. The zero-order valence-electron chi connectivity index (χ0n) is 11.1. The molecule has 0 fully saturated rings. The number of amides is 1. The largest absolute Gasteiger partial charge is 0.370 e. The fraction of sp³-hybridized carbons (Fsp3) is 0.286. The molecule has 0 saturated carbocycles. The van der Waals surface area contributed by atoms with Crippen LogP contribution in [0, 0.1) is 0 Å². The molecule has 0 aliphatic heterocycles. The third kappa shape index (κ3) is 4.21.